The molecule has 0 saturated heterocycles. The van der Waals surface area contributed by atoms with Crippen LogP contribution in [0.4, 0.5) is 4.39 Å². The molecule has 0 unspecified atom stereocenters. The highest BCUT2D eigenvalue weighted by molar-refractivity contribution is 5.94. The maximum absolute atomic E-state index is 13.2. The lowest BCUT2D eigenvalue weighted by Gasteiger charge is -2.13. The van der Waals surface area contributed by atoms with Crippen LogP contribution in [0.1, 0.15) is 37.0 Å². The maximum atomic E-state index is 13.2. The second kappa shape index (κ2) is 6.20. The third kappa shape index (κ3) is 3.29. The van der Waals surface area contributed by atoms with Crippen LogP contribution in [0.15, 0.2) is 18.5 Å². The van der Waals surface area contributed by atoms with Crippen LogP contribution >= 0.6 is 0 Å². The first-order valence-corrected chi connectivity index (χ1v) is 5.56. The standard InChI is InChI=1S/C12H17FN2O/c1-3-9(4-2)7-15-12(16)10-5-6-14-8-11(10)13/h5-6,8-9H,3-4,7H2,1-2H3,(H,15,16). The molecule has 0 aromatic carbocycles. The van der Waals surface area contributed by atoms with Gasteiger partial charge in [0.25, 0.3) is 5.91 Å². The molecule has 1 heterocycles. The molecule has 16 heavy (non-hydrogen) atoms. The molecule has 1 amide bonds. The van der Waals surface area contributed by atoms with E-state index in [1.807, 2.05) is 0 Å². The van der Waals surface area contributed by atoms with Crippen LogP contribution in [0.5, 0.6) is 0 Å². The molecule has 0 atom stereocenters. The van der Waals surface area contributed by atoms with E-state index in [-0.39, 0.29) is 11.5 Å². The second-order valence-electron chi connectivity index (χ2n) is 3.75. The number of aromatic nitrogens is 1. The van der Waals surface area contributed by atoms with Gasteiger partial charge in [0.05, 0.1) is 11.8 Å². The van der Waals surface area contributed by atoms with Crippen molar-refractivity contribution in [3.63, 3.8) is 0 Å². The van der Waals surface area contributed by atoms with Crippen LogP contribution in [-0.4, -0.2) is 17.4 Å². The Morgan fingerprint density at radius 2 is 2.19 bits per heavy atom. The fraction of sp³-hybridized carbons (Fsp3) is 0.500. The summed E-state index contributed by atoms with van der Waals surface area (Å²) in [7, 11) is 0. The molecule has 0 aliphatic carbocycles. The zero-order chi connectivity index (χ0) is 12.0. The number of hydrogen-bond acceptors (Lipinski definition) is 2. The van der Waals surface area contributed by atoms with E-state index in [1.54, 1.807) is 0 Å². The summed E-state index contributed by atoms with van der Waals surface area (Å²) in [6, 6.07) is 1.39. The molecule has 1 aromatic heterocycles. The number of nitrogens with one attached hydrogen (secondary N) is 1. The smallest absolute Gasteiger partial charge is 0.254 e. The second-order valence-corrected chi connectivity index (χ2v) is 3.75. The van der Waals surface area contributed by atoms with E-state index in [2.05, 4.69) is 24.1 Å². The van der Waals surface area contributed by atoms with Crippen LogP contribution < -0.4 is 5.32 Å². The van der Waals surface area contributed by atoms with Gasteiger partial charge in [0.1, 0.15) is 0 Å². The molecular formula is C12H17FN2O. The van der Waals surface area contributed by atoms with Crippen LogP contribution in [0.2, 0.25) is 0 Å². The van der Waals surface area contributed by atoms with Crippen molar-refractivity contribution in [2.75, 3.05) is 6.54 Å². The van der Waals surface area contributed by atoms with Crippen molar-refractivity contribution in [1.29, 1.82) is 0 Å². The number of pyridine rings is 1. The Balaban J connectivity index is 2.56. The molecule has 0 bridgehead atoms. The summed E-state index contributed by atoms with van der Waals surface area (Å²) in [5, 5.41) is 2.74. The largest absolute Gasteiger partial charge is 0.352 e. The number of hydrogen-bond donors (Lipinski definition) is 1. The van der Waals surface area contributed by atoms with Gasteiger partial charge in [-0.1, -0.05) is 26.7 Å². The first-order chi connectivity index (χ1) is 7.69. The van der Waals surface area contributed by atoms with Gasteiger partial charge in [-0.05, 0) is 12.0 Å². The van der Waals surface area contributed by atoms with Crippen molar-refractivity contribution < 1.29 is 9.18 Å². The van der Waals surface area contributed by atoms with Crippen molar-refractivity contribution in [2.45, 2.75) is 26.7 Å². The zero-order valence-electron chi connectivity index (χ0n) is 9.66. The molecule has 0 aliphatic rings. The van der Waals surface area contributed by atoms with Gasteiger partial charge in [0, 0.05) is 12.7 Å². The van der Waals surface area contributed by atoms with Gasteiger partial charge in [-0.2, -0.15) is 0 Å². The summed E-state index contributed by atoms with van der Waals surface area (Å²) in [5.41, 5.74) is 0.0564. The molecule has 0 saturated carbocycles. The van der Waals surface area contributed by atoms with Gasteiger partial charge in [-0.15, -0.1) is 0 Å². The van der Waals surface area contributed by atoms with E-state index in [0.717, 1.165) is 19.0 Å². The van der Waals surface area contributed by atoms with Crippen molar-refractivity contribution in [3.05, 3.63) is 29.8 Å². The predicted molar refractivity (Wildman–Crippen MR) is 60.6 cm³/mol. The minimum Gasteiger partial charge on any atom is -0.352 e. The third-order valence-electron chi connectivity index (χ3n) is 2.72. The third-order valence-corrected chi connectivity index (χ3v) is 2.72. The van der Waals surface area contributed by atoms with Gasteiger partial charge < -0.3 is 5.32 Å². The first-order valence-electron chi connectivity index (χ1n) is 5.56. The highest BCUT2D eigenvalue weighted by atomic mass is 19.1. The summed E-state index contributed by atoms with van der Waals surface area (Å²) in [6.07, 6.45) is 4.48. The van der Waals surface area contributed by atoms with E-state index in [1.165, 1.54) is 12.3 Å². The number of rotatable bonds is 5. The van der Waals surface area contributed by atoms with Gasteiger partial charge in [0.15, 0.2) is 5.82 Å². The molecule has 4 heteroatoms. The number of nitrogens with zero attached hydrogens (tertiary/aromatic N) is 1. The predicted octanol–water partition coefficient (Wildman–Crippen LogP) is 2.39. The average Bonchev–Trinajstić information content (AvgIpc) is 2.30. The molecule has 0 aliphatic heterocycles. The topological polar surface area (TPSA) is 42.0 Å². The van der Waals surface area contributed by atoms with E-state index in [9.17, 15) is 9.18 Å². The van der Waals surface area contributed by atoms with Gasteiger partial charge in [-0.25, -0.2) is 4.39 Å². The van der Waals surface area contributed by atoms with E-state index >= 15 is 0 Å². The minimum absolute atomic E-state index is 0.0564. The highest BCUT2D eigenvalue weighted by Crippen LogP contribution is 2.07. The number of halogens is 1. The summed E-state index contributed by atoms with van der Waals surface area (Å²) >= 11 is 0. The summed E-state index contributed by atoms with van der Waals surface area (Å²) < 4.78 is 13.2. The monoisotopic (exact) mass is 224 g/mol. The normalized spacial score (nSPS) is 10.5. The fourth-order valence-corrected chi connectivity index (χ4v) is 1.47. The number of carbonyl (C=O) groups is 1. The van der Waals surface area contributed by atoms with E-state index in [4.69, 9.17) is 0 Å². The zero-order valence-corrected chi connectivity index (χ0v) is 9.66. The van der Waals surface area contributed by atoms with Crippen molar-refractivity contribution in [3.8, 4) is 0 Å². The van der Waals surface area contributed by atoms with E-state index < -0.39 is 5.82 Å². The Kier molecular flexibility index (Phi) is 4.89. The fourth-order valence-electron chi connectivity index (χ4n) is 1.47. The minimum atomic E-state index is -0.579. The molecule has 1 N–H and O–H groups in total. The van der Waals surface area contributed by atoms with Crippen molar-refractivity contribution in [1.82, 2.24) is 10.3 Å². The Morgan fingerprint density at radius 3 is 2.75 bits per heavy atom. The van der Waals surface area contributed by atoms with Gasteiger partial charge in [0.2, 0.25) is 0 Å². The molecule has 0 fully saturated rings. The Labute approximate surface area is 95.1 Å². The lowest BCUT2D eigenvalue weighted by atomic mass is 10.0. The Hall–Kier alpha value is -1.45. The lowest BCUT2D eigenvalue weighted by Crippen LogP contribution is -2.29. The molecule has 0 spiro atoms. The molecule has 0 radical (unpaired) electrons. The molecule has 88 valence electrons. The SMILES string of the molecule is CCC(CC)CNC(=O)c1ccncc1F. The number of amides is 1. The Bertz CT molecular complexity index is 351. The van der Waals surface area contributed by atoms with Gasteiger partial charge in [-0.3, -0.25) is 9.78 Å². The highest BCUT2D eigenvalue weighted by Gasteiger charge is 2.12. The van der Waals surface area contributed by atoms with Crippen LogP contribution in [0.3, 0.4) is 0 Å². The maximum Gasteiger partial charge on any atom is 0.254 e. The summed E-state index contributed by atoms with van der Waals surface area (Å²) in [4.78, 5) is 15.2. The van der Waals surface area contributed by atoms with Crippen LogP contribution in [0, 0.1) is 11.7 Å². The molecule has 3 nitrogen and oxygen atoms in total. The average molecular weight is 224 g/mol. The van der Waals surface area contributed by atoms with Gasteiger partial charge >= 0.3 is 0 Å². The number of carbonyl (C=O) groups excluding carboxylic acids is 1. The molecular weight excluding hydrogens is 207 g/mol. The summed E-state index contributed by atoms with van der Waals surface area (Å²) in [6.45, 7) is 4.74. The van der Waals surface area contributed by atoms with Crippen molar-refractivity contribution in [2.24, 2.45) is 5.92 Å². The van der Waals surface area contributed by atoms with E-state index in [0.29, 0.717) is 12.5 Å². The van der Waals surface area contributed by atoms with Crippen LogP contribution in [-0.2, 0) is 0 Å². The van der Waals surface area contributed by atoms with Crippen molar-refractivity contribution >= 4 is 5.91 Å². The quantitative estimate of drug-likeness (QED) is 0.834. The first kappa shape index (κ1) is 12.6. The summed E-state index contributed by atoms with van der Waals surface area (Å²) in [5.74, 6) is -0.495. The lowest BCUT2D eigenvalue weighted by molar-refractivity contribution is 0.0942. The Morgan fingerprint density at radius 1 is 1.50 bits per heavy atom. The molecule has 1 rings (SSSR count). The van der Waals surface area contributed by atoms with Crippen LogP contribution in [0.25, 0.3) is 0 Å². The molecule has 1 aromatic rings.